The lowest BCUT2D eigenvalue weighted by Crippen LogP contribution is -2.28. The van der Waals surface area contributed by atoms with E-state index in [0.717, 1.165) is 25.1 Å². The summed E-state index contributed by atoms with van der Waals surface area (Å²) in [6.07, 6.45) is -0.645. The van der Waals surface area contributed by atoms with Gasteiger partial charge in [-0.1, -0.05) is 12.1 Å². The second-order valence-electron chi connectivity index (χ2n) is 5.45. The summed E-state index contributed by atoms with van der Waals surface area (Å²) in [6.45, 7) is 2.24. The van der Waals surface area contributed by atoms with Crippen molar-refractivity contribution in [3.8, 4) is 0 Å². The van der Waals surface area contributed by atoms with Crippen LogP contribution in [0, 0.1) is 5.92 Å². The van der Waals surface area contributed by atoms with Crippen LogP contribution in [0.3, 0.4) is 0 Å². The predicted molar refractivity (Wildman–Crippen MR) is 79.1 cm³/mol. The van der Waals surface area contributed by atoms with E-state index < -0.39 is 11.7 Å². The van der Waals surface area contributed by atoms with Crippen molar-refractivity contribution >= 4 is 12.0 Å². The first-order chi connectivity index (χ1) is 10.4. The van der Waals surface area contributed by atoms with Crippen LogP contribution in [-0.4, -0.2) is 37.5 Å². The summed E-state index contributed by atoms with van der Waals surface area (Å²) in [4.78, 5) is 13.8. The number of carbonyl (C=O) groups is 1. The standard InChI is InChI=1S/C16H19F3N2O/c1-20-10-13-7-8-21(11-13)15(22)6-5-12-3-2-4-14(9-12)16(17,18)19/h2-6,9,13,20H,7-8,10-11H2,1H3/b6-5+. The zero-order valence-electron chi connectivity index (χ0n) is 12.4. The maximum atomic E-state index is 12.6. The number of amides is 1. The smallest absolute Gasteiger partial charge is 0.339 e. The summed E-state index contributed by atoms with van der Waals surface area (Å²) in [7, 11) is 1.87. The van der Waals surface area contributed by atoms with Gasteiger partial charge in [0.05, 0.1) is 5.56 Å². The van der Waals surface area contributed by atoms with Gasteiger partial charge in [0, 0.05) is 19.2 Å². The molecule has 1 aromatic rings. The Morgan fingerprint density at radius 3 is 2.91 bits per heavy atom. The van der Waals surface area contributed by atoms with Gasteiger partial charge in [-0.05, 0) is 49.7 Å². The fraction of sp³-hybridized carbons (Fsp3) is 0.438. The fourth-order valence-corrected chi connectivity index (χ4v) is 2.58. The Morgan fingerprint density at radius 1 is 1.45 bits per heavy atom. The molecule has 1 fully saturated rings. The van der Waals surface area contributed by atoms with Crippen LogP contribution >= 0.6 is 0 Å². The van der Waals surface area contributed by atoms with Crippen molar-refractivity contribution in [3.05, 3.63) is 41.5 Å². The third kappa shape index (κ3) is 4.34. The minimum absolute atomic E-state index is 0.156. The molecule has 1 heterocycles. The number of alkyl halides is 3. The monoisotopic (exact) mass is 312 g/mol. The van der Waals surface area contributed by atoms with Gasteiger partial charge in [-0.15, -0.1) is 0 Å². The number of hydrogen-bond donors (Lipinski definition) is 1. The van der Waals surface area contributed by atoms with E-state index >= 15 is 0 Å². The highest BCUT2D eigenvalue weighted by Crippen LogP contribution is 2.29. The van der Waals surface area contributed by atoms with E-state index in [-0.39, 0.29) is 5.91 Å². The van der Waals surface area contributed by atoms with Gasteiger partial charge < -0.3 is 10.2 Å². The number of benzene rings is 1. The Morgan fingerprint density at radius 2 is 2.23 bits per heavy atom. The molecular weight excluding hydrogens is 293 g/mol. The molecule has 0 aliphatic carbocycles. The van der Waals surface area contributed by atoms with Crippen LogP contribution in [0.5, 0.6) is 0 Å². The van der Waals surface area contributed by atoms with Gasteiger partial charge in [0.1, 0.15) is 0 Å². The van der Waals surface area contributed by atoms with Crippen molar-refractivity contribution < 1.29 is 18.0 Å². The molecule has 0 bridgehead atoms. The van der Waals surface area contributed by atoms with E-state index in [1.54, 1.807) is 11.0 Å². The number of hydrogen-bond acceptors (Lipinski definition) is 2. The molecule has 1 aromatic carbocycles. The Balaban J connectivity index is 1.99. The molecule has 3 nitrogen and oxygen atoms in total. The third-order valence-electron chi connectivity index (χ3n) is 3.72. The lowest BCUT2D eigenvalue weighted by atomic mass is 10.1. The molecule has 0 aromatic heterocycles. The Labute approximate surface area is 127 Å². The van der Waals surface area contributed by atoms with Gasteiger partial charge in [0.2, 0.25) is 5.91 Å². The number of rotatable bonds is 4. The van der Waals surface area contributed by atoms with Crippen LogP contribution in [0.2, 0.25) is 0 Å². The Kier molecular flexibility index (Phi) is 5.24. The normalized spacial score (nSPS) is 19.1. The molecule has 1 aliphatic heterocycles. The molecule has 1 aliphatic rings. The van der Waals surface area contributed by atoms with E-state index in [1.165, 1.54) is 18.2 Å². The van der Waals surface area contributed by atoms with E-state index in [2.05, 4.69) is 5.32 Å². The van der Waals surface area contributed by atoms with Crippen LogP contribution < -0.4 is 5.32 Å². The molecule has 22 heavy (non-hydrogen) atoms. The van der Waals surface area contributed by atoms with E-state index in [4.69, 9.17) is 0 Å². The molecule has 2 rings (SSSR count). The Bertz CT molecular complexity index is 555. The molecule has 1 amide bonds. The first kappa shape index (κ1) is 16.5. The second kappa shape index (κ2) is 6.96. The van der Waals surface area contributed by atoms with Gasteiger partial charge in [-0.2, -0.15) is 13.2 Å². The van der Waals surface area contributed by atoms with Crippen molar-refractivity contribution in [3.63, 3.8) is 0 Å². The molecular formula is C16H19F3N2O. The average molecular weight is 312 g/mol. The van der Waals surface area contributed by atoms with Crippen LogP contribution in [0.15, 0.2) is 30.3 Å². The van der Waals surface area contributed by atoms with Crippen molar-refractivity contribution in [2.24, 2.45) is 5.92 Å². The quantitative estimate of drug-likeness (QED) is 0.867. The summed E-state index contributed by atoms with van der Waals surface area (Å²) in [6, 6.07) is 4.94. The molecule has 1 unspecified atom stereocenters. The highest BCUT2D eigenvalue weighted by atomic mass is 19.4. The van der Waals surface area contributed by atoms with E-state index in [0.29, 0.717) is 24.6 Å². The van der Waals surface area contributed by atoms with Gasteiger partial charge in [0.15, 0.2) is 0 Å². The highest BCUT2D eigenvalue weighted by molar-refractivity contribution is 5.92. The van der Waals surface area contributed by atoms with Crippen molar-refractivity contribution in [2.45, 2.75) is 12.6 Å². The molecule has 1 saturated heterocycles. The zero-order valence-corrected chi connectivity index (χ0v) is 12.4. The van der Waals surface area contributed by atoms with Crippen molar-refractivity contribution in [2.75, 3.05) is 26.7 Å². The Hall–Kier alpha value is -1.82. The van der Waals surface area contributed by atoms with Crippen molar-refractivity contribution in [1.29, 1.82) is 0 Å². The SMILES string of the molecule is CNCC1CCN(C(=O)/C=C/c2cccc(C(F)(F)F)c2)C1. The number of carbonyl (C=O) groups excluding carboxylic acids is 1. The number of nitrogens with one attached hydrogen (secondary N) is 1. The van der Waals surface area contributed by atoms with Gasteiger partial charge in [0.25, 0.3) is 0 Å². The molecule has 0 radical (unpaired) electrons. The van der Waals surface area contributed by atoms with Crippen LogP contribution in [0.4, 0.5) is 13.2 Å². The minimum atomic E-state index is -4.37. The second-order valence-corrected chi connectivity index (χ2v) is 5.45. The summed E-state index contributed by atoms with van der Waals surface area (Å²) < 4.78 is 37.9. The molecule has 0 spiro atoms. The predicted octanol–water partition coefficient (Wildman–Crippen LogP) is 2.79. The summed E-state index contributed by atoms with van der Waals surface area (Å²) >= 11 is 0. The van der Waals surface area contributed by atoms with E-state index in [9.17, 15) is 18.0 Å². The summed E-state index contributed by atoms with van der Waals surface area (Å²) in [5.74, 6) is 0.284. The summed E-state index contributed by atoms with van der Waals surface area (Å²) in [5, 5.41) is 3.08. The van der Waals surface area contributed by atoms with Gasteiger partial charge in [-0.3, -0.25) is 4.79 Å². The van der Waals surface area contributed by atoms with E-state index in [1.807, 2.05) is 7.05 Å². The van der Waals surface area contributed by atoms with Crippen LogP contribution in [0.25, 0.3) is 6.08 Å². The third-order valence-corrected chi connectivity index (χ3v) is 3.72. The van der Waals surface area contributed by atoms with Crippen molar-refractivity contribution in [1.82, 2.24) is 10.2 Å². The molecule has 1 atom stereocenters. The van der Waals surface area contributed by atoms with Crippen LogP contribution in [0.1, 0.15) is 17.5 Å². The van der Waals surface area contributed by atoms with Crippen LogP contribution in [-0.2, 0) is 11.0 Å². The lowest BCUT2D eigenvalue weighted by molar-refractivity contribution is -0.137. The first-order valence-corrected chi connectivity index (χ1v) is 7.19. The zero-order chi connectivity index (χ0) is 16.2. The topological polar surface area (TPSA) is 32.3 Å². The first-order valence-electron chi connectivity index (χ1n) is 7.19. The molecule has 0 saturated carbocycles. The van der Waals surface area contributed by atoms with Gasteiger partial charge >= 0.3 is 6.18 Å². The molecule has 6 heteroatoms. The molecule has 1 N–H and O–H groups in total. The average Bonchev–Trinajstić information content (AvgIpc) is 2.93. The van der Waals surface area contributed by atoms with Gasteiger partial charge in [-0.25, -0.2) is 0 Å². The highest BCUT2D eigenvalue weighted by Gasteiger charge is 2.30. The number of likely N-dealkylation sites (tertiary alicyclic amines) is 1. The number of nitrogens with zero attached hydrogens (tertiary/aromatic N) is 1. The maximum Gasteiger partial charge on any atom is 0.416 e. The summed E-state index contributed by atoms with van der Waals surface area (Å²) in [5.41, 5.74) is -0.341. The molecule has 120 valence electrons. The number of halogens is 3. The maximum absolute atomic E-state index is 12.6. The fourth-order valence-electron chi connectivity index (χ4n) is 2.58. The lowest BCUT2D eigenvalue weighted by Gasteiger charge is -2.14. The largest absolute Gasteiger partial charge is 0.416 e. The minimum Gasteiger partial charge on any atom is -0.339 e.